The first-order valence-corrected chi connectivity index (χ1v) is 6.85. The smallest absolute Gasteiger partial charge is 0.253 e. The summed E-state index contributed by atoms with van der Waals surface area (Å²) >= 11 is 0. The van der Waals surface area contributed by atoms with Gasteiger partial charge in [0, 0.05) is 30.5 Å². The third-order valence-corrected chi connectivity index (χ3v) is 3.50. The van der Waals surface area contributed by atoms with E-state index in [9.17, 15) is 4.79 Å². The number of hydrogen-bond acceptors (Lipinski definition) is 3. The summed E-state index contributed by atoms with van der Waals surface area (Å²) in [5, 5.41) is 6.27. The molecule has 1 aromatic heterocycles. The average Bonchev–Trinajstić information content (AvgIpc) is 3.01. The van der Waals surface area contributed by atoms with Crippen LogP contribution in [0.2, 0.25) is 0 Å². The number of carbonyl (C=O) groups excluding carboxylic acids is 1. The maximum Gasteiger partial charge on any atom is 0.253 e. The van der Waals surface area contributed by atoms with E-state index in [0.29, 0.717) is 5.56 Å². The first-order chi connectivity index (χ1) is 9.83. The molecule has 4 heteroatoms. The molecular formula is C16H17N3O. The second kappa shape index (κ2) is 5.84. The Balaban J connectivity index is 1.78. The Bertz CT molecular complexity index is 592. The molecule has 2 heterocycles. The topological polar surface area (TPSA) is 54.0 Å². The molecule has 0 saturated carbocycles. The number of hydrogen-bond donors (Lipinski definition) is 2. The van der Waals surface area contributed by atoms with Crippen molar-refractivity contribution in [3.05, 3.63) is 54.4 Å². The number of rotatable bonds is 3. The lowest BCUT2D eigenvalue weighted by Gasteiger charge is -2.11. The zero-order valence-corrected chi connectivity index (χ0v) is 11.2. The quantitative estimate of drug-likeness (QED) is 0.892. The van der Waals surface area contributed by atoms with Gasteiger partial charge in [-0.25, -0.2) is 0 Å². The van der Waals surface area contributed by atoms with Crippen LogP contribution in [0, 0.1) is 0 Å². The molecule has 2 aromatic rings. The summed E-state index contributed by atoms with van der Waals surface area (Å²) in [6.45, 7) is 1.81. The van der Waals surface area contributed by atoms with Crippen LogP contribution in [-0.2, 0) is 0 Å². The molecule has 0 spiro atoms. The Morgan fingerprint density at radius 3 is 2.80 bits per heavy atom. The summed E-state index contributed by atoms with van der Waals surface area (Å²) in [6, 6.07) is 12.1. The van der Waals surface area contributed by atoms with Crippen molar-refractivity contribution in [3.8, 4) is 11.1 Å². The van der Waals surface area contributed by atoms with Gasteiger partial charge in [0.1, 0.15) is 0 Å². The lowest BCUT2D eigenvalue weighted by molar-refractivity contribution is 0.0939. The summed E-state index contributed by atoms with van der Waals surface area (Å²) in [7, 11) is 0. The molecule has 4 nitrogen and oxygen atoms in total. The number of amides is 1. The van der Waals surface area contributed by atoms with Crippen LogP contribution in [0.4, 0.5) is 0 Å². The van der Waals surface area contributed by atoms with Gasteiger partial charge in [-0.2, -0.15) is 0 Å². The SMILES string of the molecule is O=C(NC1CCNC1)c1cncc(-c2ccccc2)c1. The minimum Gasteiger partial charge on any atom is -0.348 e. The van der Waals surface area contributed by atoms with E-state index in [-0.39, 0.29) is 11.9 Å². The fourth-order valence-corrected chi connectivity index (χ4v) is 2.40. The molecule has 1 fully saturated rings. The second-order valence-electron chi connectivity index (χ2n) is 4.99. The van der Waals surface area contributed by atoms with Crippen LogP contribution < -0.4 is 10.6 Å². The summed E-state index contributed by atoms with van der Waals surface area (Å²) in [6.07, 6.45) is 4.38. The van der Waals surface area contributed by atoms with Gasteiger partial charge < -0.3 is 10.6 Å². The highest BCUT2D eigenvalue weighted by atomic mass is 16.1. The molecule has 0 bridgehead atoms. The van der Waals surface area contributed by atoms with Crippen LogP contribution in [0.25, 0.3) is 11.1 Å². The Kier molecular flexibility index (Phi) is 3.74. The molecule has 2 N–H and O–H groups in total. The molecule has 1 saturated heterocycles. The minimum absolute atomic E-state index is 0.0519. The van der Waals surface area contributed by atoms with E-state index < -0.39 is 0 Å². The van der Waals surface area contributed by atoms with Crippen molar-refractivity contribution in [3.63, 3.8) is 0 Å². The number of benzene rings is 1. The van der Waals surface area contributed by atoms with E-state index in [1.807, 2.05) is 36.4 Å². The van der Waals surface area contributed by atoms with E-state index in [2.05, 4.69) is 15.6 Å². The molecule has 1 atom stereocenters. The third kappa shape index (κ3) is 2.86. The van der Waals surface area contributed by atoms with Crippen LogP contribution in [0.3, 0.4) is 0 Å². The Morgan fingerprint density at radius 2 is 2.05 bits per heavy atom. The number of aromatic nitrogens is 1. The Hall–Kier alpha value is -2.20. The molecule has 1 aliphatic rings. The van der Waals surface area contributed by atoms with Crippen molar-refractivity contribution in [1.29, 1.82) is 0 Å². The lowest BCUT2D eigenvalue weighted by atomic mass is 10.1. The largest absolute Gasteiger partial charge is 0.348 e. The molecule has 0 radical (unpaired) electrons. The fraction of sp³-hybridized carbons (Fsp3) is 0.250. The monoisotopic (exact) mass is 267 g/mol. The van der Waals surface area contributed by atoms with Crippen molar-refractivity contribution in [2.45, 2.75) is 12.5 Å². The van der Waals surface area contributed by atoms with E-state index in [4.69, 9.17) is 0 Å². The summed E-state index contributed by atoms with van der Waals surface area (Å²) in [5.74, 6) is -0.0519. The zero-order valence-electron chi connectivity index (χ0n) is 11.2. The average molecular weight is 267 g/mol. The van der Waals surface area contributed by atoms with Gasteiger partial charge in [0.25, 0.3) is 5.91 Å². The number of nitrogens with zero attached hydrogens (tertiary/aromatic N) is 1. The highest BCUT2D eigenvalue weighted by Gasteiger charge is 2.17. The molecule has 1 aliphatic heterocycles. The van der Waals surface area contributed by atoms with Crippen LogP contribution in [-0.4, -0.2) is 30.0 Å². The zero-order chi connectivity index (χ0) is 13.8. The first kappa shape index (κ1) is 12.8. The van der Waals surface area contributed by atoms with Crippen LogP contribution in [0.15, 0.2) is 48.8 Å². The van der Waals surface area contributed by atoms with Gasteiger partial charge in [0.15, 0.2) is 0 Å². The Labute approximate surface area is 118 Å². The number of nitrogens with one attached hydrogen (secondary N) is 2. The summed E-state index contributed by atoms with van der Waals surface area (Å²) in [4.78, 5) is 16.4. The van der Waals surface area contributed by atoms with Gasteiger partial charge in [-0.1, -0.05) is 30.3 Å². The highest BCUT2D eigenvalue weighted by Crippen LogP contribution is 2.18. The van der Waals surface area contributed by atoms with Gasteiger partial charge in [-0.05, 0) is 24.6 Å². The van der Waals surface area contributed by atoms with Crippen molar-refractivity contribution < 1.29 is 4.79 Å². The molecule has 1 amide bonds. The molecule has 1 aromatic carbocycles. The van der Waals surface area contributed by atoms with E-state index in [1.165, 1.54) is 0 Å². The molecule has 0 aliphatic carbocycles. The van der Waals surface area contributed by atoms with Gasteiger partial charge in [0.05, 0.1) is 5.56 Å². The Morgan fingerprint density at radius 1 is 1.20 bits per heavy atom. The van der Waals surface area contributed by atoms with E-state index >= 15 is 0 Å². The van der Waals surface area contributed by atoms with Gasteiger partial charge in [-0.15, -0.1) is 0 Å². The number of carbonyl (C=O) groups is 1. The summed E-state index contributed by atoms with van der Waals surface area (Å²) in [5.41, 5.74) is 2.64. The van der Waals surface area contributed by atoms with Crippen molar-refractivity contribution >= 4 is 5.91 Å². The standard InChI is InChI=1S/C16H17N3O/c20-16(19-15-6-7-17-11-15)14-8-13(9-18-10-14)12-4-2-1-3-5-12/h1-5,8-10,15,17H,6-7,11H2,(H,19,20). The van der Waals surface area contributed by atoms with E-state index in [0.717, 1.165) is 30.6 Å². The molecular weight excluding hydrogens is 250 g/mol. The van der Waals surface area contributed by atoms with Gasteiger partial charge in [0.2, 0.25) is 0 Å². The lowest BCUT2D eigenvalue weighted by Crippen LogP contribution is -2.36. The van der Waals surface area contributed by atoms with Crippen LogP contribution in [0.5, 0.6) is 0 Å². The molecule has 3 rings (SSSR count). The predicted molar refractivity (Wildman–Crippen MR) is 78.4 cm³/mol. The predicted octanol–water partition coefficient (Wildman–Crippen LogP) is 1.84. The van der Waals surface area contributed by atoms with E-state index in [1.54, 1.807) is 12.4 Å². The first-order valence-electron chi connectivity index (χ1n) is 6.85. The molecule has 102 valence electrons. The van der Waals surface area contributed by atoms with Gasteiger partial charge in [-0.3, -0.25) is 9.78 Å². The maximum atomic E-state index is 12.2. The molecule has 1 unspecified atom stereocenters. The minimum atomic E-state index is -0.0519. The highest BCUT2D eigenvalue weighted by molar-refractivity contribution is 5.95. The maximum absolute atomic E-state index is 12.2. The molecule has 20 heavy (non-hydrogen) atoms. The van der Waals surface area contributed by atoms with Crippen LogP contribution >= 0.6 is 0 Å². The van der Waals surface area contributed by atoms with Crippen molar-refractivity contribution in [1.82, 2.24) is 15.6 Å². The third-order valence-electron chi connectivity index (χ3n) is 3.50. The number of pyridine rings is 1. The van der Waals surface area contributed by atoms with Crippen molar-refractivity contribution in [2.24, 2.45) is 0 Å². The summed E-state index contributed by atoms with van der Waals surface area (Å²) < 4.78 is 0. The van der Waals surface area contributed by atoms with Crippen molar-refractivity contribution in [2.75, 3.05) is 13.1 Å². The van der Waals surface area contributed by atoms with Gasteiger partial charge >= 0.3 is 0 Å². The normalized spacial score (nSPS) is 17.9. The fourth-order valence-electron chi connectivity index (χ4n) is 2.40. The second-order valence-corrected chi connectivity index (χ2v) is 4.99. The van der Waals surface area contributed by atoms with Crippen LogP contribution in [0.1, 0.15) is 16.8 Å².